The van der Waals surface area contributed by atoms with Gasteiger partial charge in [-0.1, -0.05) is 6.07 Å². The molecule has 1 aromatic carbocycles. The topological polar surface area (TPSA) is 62.8 Å². The van der Waals surface area contributed by atoms with Gasteiger partial charge in [-0.15, -0.1) is 0 Å². The molecule has 0 spiro atoms. The highest BCUT2D eigenvalue weighted by atomic mass is 19.3. The molecule has 9 heteroatoms. The summed E-state index contributed by atoms with van der Waals surface area (Å²) in [5.41, 5.74) is 1.71. The van der Waals surface area contributed by atoms with E-state index >= 15 is 0 Å². The van der Waals surface area contributed by atoms with Crippen LogP contribution >= 0.6 is 0 Å². The molecule has 3 rings (SSSR count). The molecular weight excluding hydrogens is 340 g/mol. The molecule has 0 bridgehead atoms. The van der Waals surface area contributed by atoms with Crippen molar-refractivity contribution in [1.82, 2.24) is 15.0 Å². The summed E-state index contributed by atoms with van der Waals surface area (Å²) in [6.45, 7) is 0. The van der Waals surface area contributed by atoms with Crippen LogP contribution in [-0.4, -0.2) is 27.5 Å². The lowest BCUT2D eigenvalue weighted by Crippen LogP contribution is -2.33. The average molecular weight is 352 g/mol. The van der Waals surface area contributed by atoms with Crippen LogP contribution in [0.1, 0.15) is 0 Å². The first kappa shape index (κ1) is 16.7. The van der Waals surface area contributed by atoms with Crippen LogP contribution in [0.2, 0.25) is 0 Å². The summed E-state index contributed by atoms with van der Waals surface area (Å²) >= 11 is 0. The van der Waals surface area contributed by atoms with Gasteiger partial charge in [-0.2, -0.15) is 17.6 Å². The van der Waals surface area contributed by atoms with Crippen LogP contribution in [0.15, 0.2) is 54.9 Å². The van der Waals surface area contributed by atoms with Gasteiger partial charge < -0.3 is 15.0 Å². The van der Waals surface area contributed by atoms with Gasteiger partial charge in [0.05, 0.1) is 11.4 Å². The van der Waals surface area contributed by atoms with Crippen LogP contribution in [-0.2, 0) is 0 Å². The quantitative estimate of drug-likeness (QED) is 0.644. The number of nitrogens with one attached hydrogen (secondary N) is 2. The summed E-state index contributed by atoms with van der Waals surface area (Å²) in [5.74, 6) is -0.194. The van der Waals surface area contributed by atoms with Crippen LogP contribution in [0.3, 0.4) is 0 Å². The van der Waals surface area contributed by atoms with Crippen LogP contribution < -0.4 is 10.1 Å². The van der Waals surface area contributed by atoms with Gasteiger partial charge in [-0.05, 0) is 30.3 Å². The third-order valence-corrected chi connectivity index (χ3v) is 3.13. The van der Waals surface area contributed by atoms with Gasteiger partial charge in [0.25, 0.3) is 0 Å². The summed E-state index contributed by atoms with van der Waals surface area (Å²) in [4.78, 5) is 11.3. The van der Waals surface area contributed by atoms with E-state index < -0.39 is 18.3 Å². The monoisotopic (exact) mass is 352 g/mol. The Morgan fingerprint density at radius 1 is 1.12 bits per heavy atom. The Morgan fingerprint density at radius 3 is 2.68 bits per heavy atom. The first-order valence-corrected chi connectivity index (χ1v) is 7.13. The van der Waals surface area contributed by atoms with Crippen molar-refractivity contribution in [1.29, 1.82) is 0 Å². The predicted molar refractivity (Wildman–Crippen MR) is 83.1 cm³/mol. The molecule has 0 aliphatic carbocycles. The summed E-state index contributed by atoms with van der Waals surface area (Å²) in [6, 6.07) is 10.6. The van der Waals surface area contributed by atoms with E-state index in [1.807, 2.05) is 12.1 Å². The number of rotatable bonds is 6. The van der Waals surface area contributed by atoms with E-state index in [2.05, 4.69) is 25.0 Å². The smallest absolute Gasteiger partial charge is 0.428 e. The molecule has 0 saturated heterocycles. The van der Waals surface area contributed by atoms with Crippen molar-refractivity contribution < 1.29 is 22.3 Å². The van der Waals surface area contributed by atoms with Crippen molar-refractivity contribution in [2.75, 3.05) is 5.32 Å². The third-order valence-electron chi connectivity index (χ3n) is 3.13. The summed E-state index contributed by atoms with van der Waals surface area (Å²) in [5, 5.41) is 2.81. The number of halogens is 4. The van der Waals surface area contributed by atoms with Crippen LogP contribution in [0, 0.1) is 0 Å². The van der Waals surface area contributed by atoms with Crippen LogP contribution in [0.4, 0.5) is 29.2 Å². The molecule has 25 heavy (non-hydrogen) atoms. The summed E-state index contributed by atoms with van der Waals surface area (Å²) < 4.78 is 54.4. The zero-order valence-corrected chi connectivity index (χ0v) is 12.6. The summed E-state index contributed by atoms with van der Waals surface area (Å²) in [7, 11) is 0. The number of alkyl halides is 4. The predicted octanol–water partition coefficient (Wildman–Crippen LogP) is 4.45. The molecule has 0 unspecified atom stereocenters. The number of benzene rings is 1. The Bertz CT molecular complexity index is 840. The molecule has 0 fully saturated rings. The Labute approximate surface area is 139 Å². The van der Waals surface area contributed by atoms with Crippen molar-refractivity contribution in [2.45, 2.75) is 12.5 Å². The number of aromatic nitrogens is 3. The second-order valence-corrected chi connectivity index (χ2v) is 4.97. The number of ether oxygens (including phenoxy) is 1. The van der Waals surface area contributed by atoms with Gasteiger partial charge in [0.15, 0.2) is 0 Å². The Hall–Kier alpha value is -3.10. The lowest BCUT2D eigenvalue weighted by atomic mass is 10.3. The molecule has 0 atom stereocenters. The maximum atomic E-state index is 13.0. The van der Waals surface area contributed by atoms with Crippen molar-refractivity contribution >= 4 is 11.6 Å². The summed E-state index contributed by atoms with van der Waals surface area (Å²) in [6.07, 6.45) is -5.22. The minimum Gasteiger partial charge on any atom is -0.428 e. The molecule has 0 radical (unpaired) electrons. The lowest BCUT2D eigenvalue weighted by Gasteiger charge is -2.17. The molecule has 0 aliphatic heterocycles. The van der Waals surface area contributed by atoms with E-state index in [9.17, 15) is 17.6 Å². The van der Waals surface area contributed by atoms with Gasteiger partial charge in [0.1, 0.15) is 5.75 Å². The maximum Gasteiger partial charge on any atom is 0.461 e. The van der Waals surface area contributed by atoms with Gasteiger partial charge >= 0.3 is 12.5 Å². The molecule has 5 nitrogen and oxygen atoms in total. The fraction of sp³-hybridized carbons (Fsp3) is 0.125. The van der Waals surface area contributed by atoms with Gasteiger partial charge in [-0.25, -0.2) is 9.97 Å². The molecule has 3 aromatic rings. The van der Waals surface area contributed by atoms with Crippen molar-refractivity contribution in [3.8, 4) is 17.1 Å². The number of aromatic amines is 1. The highest BCUT2D eigenvalue weighted by Gasteiger charge is 2.43. The average Bonchev–Trinajstić information content (AvgIpc) is 3.09. The van der Waals surface area contributed by atoms with Gasteiger partial charge in [0.2, 0.25) is 5.95 Å². The van der Waals surface area contributed by atoms with Crippen molar-refractivity contribution in [3.63, 3.8) is 0 Å². The fourth-order valence-electron chi connectivity index (χ4n) is 2.03. The largest absolute Gasteiger partial charge is 0.461 e. The highest BCUT2D eigenvalue weighted by Crippen LogP contribution is 2.29. The van der Waals surface area contributed by atoms with Gasteiger partial charge in [-0.3, -0.25) is 0 Å². The molecule has 2 aromatic heterocycles. The Balaban J connectivity index is 1.78. The zero-order chi connectivity index (χ0) is 17.9. The fourth-order valence-corrected chi connectivity index (χ4v) is 2.03. The zero-order valence-electron chi connectivity index (χ0n) is 12.6. The molecule has 0 saturated carbocycles. The Morgan fingerprint density at radius 2 is 1.96 bits per heavy atom. The third kappa shape index (κ3) is 4.06. The van der Waals surface area contributed by atoms with E-state index in [4.69, 9.17) is 0 Å². The standard InChI is InChI=1S/C16H12F4N4O/c17-14(18)16(19,20)25-11-4-1-3-10(9-11)23-15-22-8-6-13(24-15)12-5-2-7-21-12/h1-9,14,21H,(H,22,23,24). The second-order valence-electron chi connectivity index (χ2n) is 4.97. The molecule has 2 heterocycles. The SMILES string of the molecule is FC(F)C(F)(F)Oc1cccc(Nc2nccc(-c3ccc[nH]3)n2)c1. The van der Waals surface area contributed by atoms with E-state index in [0.717, 1.165) is 17.8 Å². The normalized spacial score (nSPS) is 11.6. The van der Waals surface area contributed by atoms with E-state index in [0.29, 0.717) is 11.4 Å². The first-order valence-electron chi connectivity index (χ1n) is 7.13. The van der Waals surface area contributed by atoms with E-state index in [1.165, 1.54) is 18.3 Å². The van der Waals surface area contributed by atoms with Gasteiger partial charge in [0, 0.05) is 24.1 Å². The van der Waals surface area contributed by atoms with Crippen molar-refractivity contribution in [3.05, 3.63) is 54.9 Å². The van der Waals surface area contributed by atoms with Crippen LogP contribution in [0.5, 0.6) is 5.75 Å². The molecule has 2 N–H and O–H groups in total. The minimum absolute atomic E-state index is 0.213. The highest BCUT2D eigenvalue weighted by molar-refractivity contribution is 5.60. The van der Waals surface area contributed by atoms with Crippen molar-refractivity contribution in [2.24, 2.45) is 0 Å². The molecular formula is C16H12F4N4O. The second kappa shape index (κ2) is 6.80. The lowest BCUT2D eigenvalue weighted by molar-refractivity contribution is -0.253. The molecule has 0 amide bonds. The maximum absolute atomic E-state index is 13.0. The molecule has 0 aliphatic rings. The van der Waals surface area contributed by atoms with Crippen LogP contribution in [0.25, 0.3) is 11.4 Å². The number of H-pyrrole nitrogens is 1. The first-order chi connectivity index (χ1) is 11.9. The number of anilines is 2. The van der Waals surface area contributed by atoms with E-state index in [-0.39, 0.29) is 5.95 Å². The van der Waals surface area contributed by atoms with E-state index in [1.54, 1.807) is 12.3 Å². The minimum atomic E-state index is -4.57. The number of hydrogen-bond donors (Lipinski definition) is 2. The molecule has 130 valence electrons. The number of hydrogen-bond acceptors (Lipinski definition) is 4. The number of nitrogens with zero attached hydrogens (tertiary/aromatic N) is 2. The Kier molecular flexibility index (Phi) is 4.55.